The Hall–Kier alpha value is 0.410. The standard InChI is InChI=1S/C6H11O.Au/c1-4-5(2)6(3)7;/h5H,1,4H2,2-3H3;. The van der Waals surface area contributed by atoms with E-state index < -0.39 is 0 Å². The van der Waals surface area contributed by atoms with Crippen LogP contribution >= 0.6 is 0 Å². The second-order valence-electron chi connectivity index (χ2n) is 1.95. The molecule has 0 aliphatic rings. The molecule has 0 fully saturated rings. The molecular formula is C6H11AuO. The number of rotatable bonds is 3. The van der Waals surface area contributed by atoms with Crippen LogP contribution in [0.2, 0.25) is 4.64 Å². The van der Waals surface area contributed by atoms with E-state index in [-0.39, 0.29) is 5.92 Å². The van der Waals surface area contributed by atoms with Gasteiger partial charge in [-0.3, -0.25) is 0 Å². The first-order valence-electron chi connectivity index (χ1n) is 2.69. The molecule has 52 valence electrons. The summed E-state index contributed by atoms with van der Waals surface area (Å²) in [5.41, 5.74) is 0. The Morgan fingerprint density at radius 1 is 1.75 bits per heavy atom. The van der Waals surface area contributed by atoms with Gasteiger partial charge in [-0.25, -0.2) is 0 Å². The summed E-state index contributed by atoms with van der Waals surface area (Å²) in [6.45, 7) is 3.62. The van der Waals surface area contributed by atoms with Gasteiger partial charge in [-0.15, -0.1) is 0 Å². The third-order valence-electron chi connectivity index (χ3n) is 1.21. The first kappa shape index (κ1) is 8.41. The van der Waals surface area contributed by atoms with Gasteiger partial charge in [-0.2, -0.15) is 0 Å². The quantitative estimate of drug-likeness (QED) is 0.723. The maximum absolute atomic E-state index is 10.5. The zero-order valence-corrected chi connectivity index (χ0v) is 7.37. The normalized spacial score (nSPS) is 13.5. The molecule has 2 heteroatoms. The van der Waals surface area contributed by atoms with Crippen molar-refractivity contribution in [3.05, 3.63) is 0 Å². The molecule has 0 radical (unpaired) electrons. The SMILES string of the molecule is CC(=O)C(C)C[CH2][Au]. The predicted octanol–water partition coefficient (Wildman–Crippen LogP) is 1.57. The molecule has 0 aliphatic carbocycles. The summed E-state index contributed by atoms with van der Waals surface area (Å²) in [7, 11) is 0. The van der Waals surface area contributed by atoms with Crippen LogP contribution in [0.25, 0.3) is 0 Å². The molecule has 0 amide bonds. The Morgan fingerprint density at radius 2 is 2.25 bits per heavy atom. The van der Waals surface area contributed by atoms with Crippen molar-refractivity contribution in [2.45, 2.75) is 24.9 Å². The van der Waals surface area contributed by atoms with Crippen molar-refractivity contribution in [2.24, 2.45) is 5.92 Å². The number of Topliss-reactive ketones (excluding diaryl/α,β-unsaturated/α-hetero) is 1. The van der Waals surface area contributed by atoms with Crippen molar-refractivity contribution in [1.29, 1.82) is 0 Å². The van der Waals surface area contributed by atoms with Crippen LogP contribution in [0.15, 0.2) is 0 Å². The van der Waals surface area contributed by atoms with Crippen LogP contribution in [-0.4, -0.2) is 5.78 Å². The van der Waals surface area contributed by atoms with Crippen LogP contribution < -0.4 is 0 Å². The summed E-state index contributed by atoms with van der Waals surface area (Å²) in [5.74, 6) is 0.567. The van der Waals surface area contributed by atoms with E-state index in [4.69, 9.17) is 0 Å². The Morgan fingerprint density at radius 3 is 2.38 bits per heavy atom. The summed E-state index contributed by atoms with van der Waals surface area (Å²) in [6.07, 6.45) is 1.01. The van der Waals surface area contributed by atoms with Crippen LogP contribution in [0.5, 0.6) is 0 Å². The van der Waals surface area contributed by atoms with Crippen LogP contribution in [0.1, 0.15) is 20.3 Å². The number of carbonyl (C=O) groups excluding carboxylic acids is 1. The number of hydrogen-bond donors (Lipinski definition) is 0. The topological polar surface area (TPSA) is 17.1 Å². The van der Waals surface area contributed by atoms with E-state index in [1.165, 1.54) is 0 Å². The predicted molar refractivity (Wildman–Crippen MR) is 29.3 cm³/mol. The fourth-order valence-electron chi connectivity index (χ4n) is 0.334. The second kappa shape index (κ2) is 4.30. The Balaban J connectivity index is 3.32. The zero-order valence-electron chi connectivity index (χ0n) is 5.20. The van der Waals surface area contributed by atoms with Gasteiger partial charge in [0.25, 0.3) is 0 Å². The number of carbonyl (C=O) groups is 1. The van der Waals surface area contributed by atoms with E-state index >= 15 is 0 Å². The summed E-state index contributed by atoms with van der Waals surface area (Å²) < 4.78 is 1.06. The number of ketones is 1. The fourth-order valence-corrected chi connectivity index (χ4v) is 1.27. The summed E-state index contributed by atoms with van der Waals surface area (Å²) in [6, 6.07) is 0. The van der Waals surface area contributed by atoms with E-state index in [0.717, 1.165) is 11.1 Å². The second-order valence-corrected chi connectivity index (χ2v) is 3.03. The molecule has 0 spiro atoms. The van der Waals surface area contributed by atoms with E-state index in [2.05, 4.69) is 21.1 Å². The van der Waals surface area contributed by atoms with Crippen molar-refractivity contribution < 1.29 is 25.9 Å². The van der Waals surface area contributed by atoms with E-state index in [0.29, 0.717) is 5.78 Å². The van der Waals surface area contributed by atoms with Crippen LogP contribution in [0.4, 0.5) is 0 Å². The molecule has 0 aromatic heterocycles. The van der Waals surface area contributed by atoms with Gasteiger partial charge >= 0.3 is 62.5 Å². The van der Waals surface area contributed by atoms with Crippen molar-refractivity contribution in [2.75, 3.05) is 0 Å². The fraction of sp³-hybridized carbons (Fsp3) is 0.833. The number of hydrogen-bond acceptors (Lipinski definition) is 1. The van der Waals surface area contributed by atoms with Crippen molar-refractivity contribution in [3.63, 3.8) is 0 Å². The van der Waals surface area contributed by atoms with Gasteiger partial charge in [0, 0.05) is 0 Å². The Labute approximate surface area is 62.8 Å². The van der Waals surface area contributed by atoms with E-state index in [9.17, 15) is 4.79 Å². The zero-order chi connectivity index (χ0) is 6.57. The van der Waals surface area contributed by atoms with Gasteiger partial charge in [0.2, 0.25) is 0 Å². The van der Waals surface area contributed by atoms with Crippen molar-refractivity contribution >= 4 is 5.78 Å². The average molecular weight is 296 g/mol. The Bertz CT molecular complexity index is 80.6. The van der Waals surface area contributed by atoms with Gasteiger partial charge in [0.15, 0.2) is 0 Å². The molecule has 0 rings (SSSR count). The summed E-state index contributed by atoms with van der Waals surface area (Å²) in [4.78, 5) is 10.5. The average Bonchev–Trinajstić information content (AvgIpc) is 1.67. The Kier molecular flexibility index (Phi) is 4.53. The summed E-state index contributed by atoms with van der Waals surface area (Å²) >= 11 is 2.44. The molecule has 0 aromatic carbocycles. The first-order chi connectivity index (χ1) is 3.68. The third-order valence-corrected chi connectivity index (χ3v) is 1.84. The molecule has 0 heterocycles. The molecule has 0 saturated heterocycles. The van der Waals surface area contributed by atoms with Gasteiger partial charge in [0.1, 0.15) is 0 Å². The van der Waals surface area contributed by atoms with Crippen molar-refractivity contribution in [3.8, 4) is 0 Å². The van der Waals surface area contributed by atoms with Crippen LogP contribution in [-0.2, 0) is 25.9 Å². The molecule has 1 unspecified atom stereocenters. The monoisotopic (exact) mass is 296 g/mol. The molecule has 0 saturated carbocycles. The van der Waals surface area contributed by atoms with E-state index in [1.54, 1.807) is 6.92 Å². The molecule has 0 bridgehead atoms. The third kappa shape index (κ3) is 3.42. The van der Waals surface area contributed by atoms with Gasteiger partial charge < -0.3 is 0 Å². The summed E-state index contributed by atoms with van der Waals surface area (Å²) in [5, 5.41) is 0. The van der Waals surface area contributed by atoms with E-state index in [1.807, 2.05) is 6.92 Å². The molecular weight excluding hydrogens is 285 g/mol. The molecule has 1 atom stereocenters. The molecule has 8 heavy (non-hydrogen) atoms. The van der Waals surface area contributed by atoms with Crippen LogP contribution in [0.3, 0.4) is 0 Å². The minimum atomic E-state index is 0.264. The van der Waals surface area contributed by atoms with Gasteiger partial charge in [-0.1, -0.05) is 0 Å². The maximum atomic E-state index is 10.5. The molecule has 0 aromatic rings. The van der Waals surface area contributed by atoms with Crippen molar-refractivity contribution in [1.82, 2.24) is 0 Å². The van der Waals surface area contributed by atoms with Gasteiger partial charge in [0.05, 0.1) is 0 Å². The molecule has 1 nitrogen and oxygen atoms in total. The van der Waals surface area contributed by atoms with Crippen LogP contribution in [0, 0.1) is 5.92 Å². The first-order valence-corrected chi connectivity index (χ1v) is 4.22. The molecule has 0 N–H and O–H groups in total. The van der Waals surface area contributed by atoms with Gasteiger partial charge in [-0.05, 0) is 0 Å². The molecule has 0 aliphatic heterocycles. The minimum absolute atomic E-state index is 0.264.